The normalized spacial score (nSPS) is 12.5. The number of hydrogen-bond donors (Lipinski definition) is 1. The Bertz CT molecular complexity index is 338. The maximum absolute atomic E-state index is 8.54. The summed E-state index contributed by atoms with van der Waals surface area (Å²) in [6.07, 6.45) is 0. The largest absolute Gasteiger partial charge is 0.315 e. The van der Waals surface area contributed by atoms with Crippen LogP contribution in [-0.2, 0) is 0 Å². The SMILES string of the molecule is CC(C)c1ccc(SCC(N)C#N)cc1. The first kappa shape index (κ1) is 12.1. The Kier molecular flexibility index (Phi) is 4.67. The maximum Gasteiger partial charge on any atom is 0.102 e. The van der Waals surface area contributed by atoms with Gasteiger partial charge in [0.05, 0.1) is 6.07 Å². The summed E-state index contributed by atoms with van der Waals surface area (Å²) in [7, 11) is 0. The van der Waals surface area contributed by atoms with Crippen molar-refractivity contribution >= 4 is 11.8 Å². The smallest absolute Gasteiger partial charge is 0.102 e. The molecule has 0 aliphatic carbocycles. The van der Waals surface area contributed by atoms with Gasteiger partial charge in [-0.3, -0.25) is 0 Å². The number of benzene rings is 1. The minimum absolute atomic E-state index is 0.375. The molecule has 0 aliphatic rings. The lowest BCUT2D eigenvalue weighted by Gasteiger charge is -2.07. The zero-order chi connectivity index (χ0) is 11.3. The molecule has 0 fully saturated rings. The number of hydrogen-bond acceptors (Lipinski definition) is 3. The highest BCUT2D eigenvalue weighted by atomic mass is 32.2. The molecule has 1 rings (SSSR count). The lowest BCUT2D eigenvalue weighted by Crippen LogP contribution is -2.19. The second-order valence-corrected chi connectivity index (χ2v) is 4.86. The van der Waals surface area contributed by atoms with Crippen molar-refractivity contribution < 1.29 is 0 Å². The minimum atomic E-state index is -0.375. The number of rotatable bonds is 4. The highest BCUT2D eigenvalue weighted by Gasteiger charge is 2.02. The first-order valence-electron chi connectivity index (χ1n) is 5.01. The minimum Gasteiger partial charge on any atom is -0.315 e. The number of nitrogens with zero attached hydrogens (tertiary/aromatic N) is 1. The molecule has 0 amide bonds. The monoisotopic (exact) mass is 220 g/mol. The molecule has 0 spiro atoms. The van der Waals surface area contributed by atoms with Crippen LogP contribution in [0.5, 0.6) is 0 Å². The van der Waals surface area contributed by atoms with Gasteiger partial charge in [-0.1, -0.05) is 26.0 Å². The molecule has 0 saturated heterocycles. The Morgan fingerprint density at radius 1 is 1.33 bits per heavy atom. The van der Waals surface area contributed by atoms with Crippen molar-refractivity contribution in [3.05, 3.63) is 29.8 Å². The molecule has 2 N–H and O–H groups in total. The van der Waals surface area contributed by atoms with E-state index < -0.39 is 0 Å². The molecule has 2 nitrogen and oxygen atoms in total. The average Bonchev–Trinajstić information content (AvgIpc) is 2.26. The molecule has 0 bridgehead atoms. The molecule has 1 aromatic carbocycles. The predicted octanol–water partition coefficient (Wildman–Crippen LogP) is 2.75. The van der Waals surface area contributed by atoms with Gasteiger partial charge in [0.25, 0.3) is 0 Å². The molecule has 1 aromatic rings. The lowest BCUT2D eigenvalue weighted by atomic mass is 10.0. The fourth-order valence-corrected chi connectivity index (χ4v) is 1.95. The zero-order valence-corrected chi connectivity index (χ0v) is 9.92. The Labute approximate surface area is 95.5 Å². The van der Waals surface area contributed by atoms with Crippen LogP contribution in [0.4, 0.5) is 0 Å². The first-order chi connectivity index (χ1) is 7.13. The fraction of sp³-hybridized carbons (Fsp3) is 0.417. The zero-order valence-electron chi connectivity index (χ0n) is 9.10. The van der Waals surface area contributed by atoms with Crippen molar-refractivity contribution in [2.75, 3.05) is 5.75 Å². The maximum atomic E-state index is 8.54. The number of nitriles is 1. The van der Waals surface area contributed by atoms with E-state index in [9.17, 15) is 0 Å². The van der Waals surface area contributed by atoms with Crippen molar-refractivity contribution in [1.29, 1.82) is 5.26 Å². The van der Waals surface area contributed by atoms with E-state index in [1.54, 1.807) is 11.8 Å². The number of thioether (sulfide) groups is 1. The van der Waals surface area contributed by atoms with Gasteiger partial charge in [0.15, 0.2) is 0 Å². The van der Waals surface area contributed by atoms with Gasteiger partial charge in [0.2, 0.25) is 0 Å². The molecule has 80 valence electrons. The van der Waals surface area contributed by atoms with Crippen LogP contribution in [0.15, 0.2) is 29.2 Å². The fourth-order valence-electron chi connectivity index (χ4n) is 1.17. The van der Waals surface area contributed by atoms with Crippen LogP contribution >= 0.6 is 11.8 Å². The van der Waals surface area contributed by atoms with E-state index in [1.165, 1.54) is 10.5 Å². The van der Waals surface area contributed by atoms with E-state index in [4.69, 9.17) is 11.0 Å². The molecule has 15 heavy (non-hydrogen) atoms. The van der Waals surface area contributed by atoms with Gasteiger partial charge in [-0.15, -0.1) is 11.8 Å². The third kappa shape index (κ3) is 3.94. The molecule has 0 saturated carbocycles. The van der Waals surface area contributed by atoms with Crippen LogP contribution in [0.1, 0.15) is 25.3 Å². The van der Waals surface area contributed by atoms with Gasteiger partial charge >= 0.3 is 0 Å². The standard InChI is InChI=1S/C12H16N2S/c1-9(2)10-3-5-12(6-4-10)15-8-11(14)7-13/h3-6,9,11H,8,14H2,1-2H3. The summed E-state index contributed by atoms with van der Waals surface area (Å²) in [4.78, 5) is 1.17. The van der Waals surface area contributed by atoms with Crippen LogP contribution in [-0.4, -0.2) is 11.8 Å². The van der Waals surface area contributed by atoms with Crippen LogP contribution < -0.4 is 5.73 Å². The Balaban J connectivity index is 2.54. The average molecular weight is 220 g/mol. The molecule has 0 aromatic heterocycles. The summed E-state index contributed by atoms with van der Waals surface area (Å²) in [5.74, 6) is 1.21. The lowest BCUT2D eigenvalue weighted by molar-refractivity contribution is 0.865. The van der Waals surface area contributed by atoms with Crippen molar-refractivity contribution in [3.63, 3.8) is 0 Å². The van der Waals surface area contributed by atoms with Gasteiger partial charge in [-0.05, 0) is 23.6 Å². The van der Waals surface area contributed by atoms with E-state index >= 15 is 0 Å². The Morgan fingerprint density at radius 2 is 1.93 bits per heavy atom. The van der Waals surface area contributed by atoms with Gasteiger partial charge < -0.3 is 5.73 Å². The van der Waals surface area contributed by atoms with Gasteiger partial charge in [0, 0.05) is 10.6 Å². The molecule has 3 heteroatoms. The molecular weight excluding hydrogens is 204 g/mol. The molecule has 0 heterocycles. The van der Waals surface area contributed by atoms with Crippen LogP contribution in [0.2, 0.25) is 0 Å². The predicted molar refractivity (Wildman–Crippen MR) is 64.8 cm³/mol. The van der Waals surface area contributed by atoms with E-state index in [2.05, 4.69) is 38.1 Å². The topological polar surface area (TPSA) is 49.8 Å². The number of nitrogens with two attached hydrogens (primary N) is 1. The summed E-state index contributed by atoms with van der Waals surface area (Å²) < 4.78 is 0. The van der Waals surface area contributed by atoms with Crippen LogP contribution in [0.3, 0.4) is 0 Å². The molecule has 1 unspecified atom stereocenters. The summed E-state index contributed by atoms with van der Waals surface area (Å²) >= 11 is 1.63. The summed E-state index contributed by atoms with van der Waals surface area (Å²) in [5.41, 5.74) is 6.85. The Hall–Kier alpha value is -0.980. The van der Waals surface area contributed by atoms with Crippen molar-refractivity contribution in [2.45, 2.75) is 30.7 Å². The van der Waals surface area contributed by atoms with E-state index in [1.807, 2.05) is 6.07 Å². The van der Waals surface area contributed by atoms with Gasteiger partial charge in [-0.2, -0.15) is 5.26 Å². The highest BCUT2D eigenvalue weighted by Crippen LogP contribution is 2.21. The summed E-state index contributed by atoms with van der Waals surface area (Å²) in [6.45, 7) is 4.35. The Morgan fingerprint density at radius 3 is 2.40 bits per heavy atom. The molecular formula is C12H16N2S. The van der Waals surface area contributed by atoms with E-state index in [0.717, 1.165) is 0 Å². The van der Waals surface area contributed by atoms with E-state index in [0.29, 0.717) is 11.7 Å². The second kappa shape index (κ2) is 5.79. The second-order valence-electron chi connectivity index (χ2n) is 3.77. The first-order valence-corrected chi connectivity index (χ1v) is 6.00. The highest BCUT2D eigenvalue weighted by molar-refractivity contribution is 7.99. The quantitative estimate of drug-likeness (QED) is 0.794. The molecule has 1 atom stereocenters. The third-order valence-electron chi connectivity index (χ3n) is 2.14. The van der Waals surface area contributed by atoms with Crippen LogP contribution in [0, 0.1) is 11.3 Å². The van der Waals surface area contributed by atoms with Crippen molar-refractivity contribution in [3.8, 4) is 6.07 Å². The van der Waals surface area contributed by atoms with Crippen LogP contribution in [0.25, 0.3) is 0 Å². The summed E-state index contributed by atoms with van der Waals surface area (Å²) in [5, 5.41) is 8.54. The van der Waals surface area contributed by atoms with Crippen molar-refractivity contribution in [2.24, 2.45) is 5.73 Å². The summed E-state index contributed by atoms with van der Waals surface area (Å²) in [6, 6.07) is 10.1. The molecule has 0 radical (unpaired) electrons. The van der Waals surface area contributed by atoms with E-state index in [-0.39, 0.29) is 6.04 Å². The molecule has 0 aliphatic heterocycles. The third-order valence-corrected chi connectivity index (χ3v) is 3.27. The van der Waals surface area contributed by atoms with Crippen molar-refractivity contribution in [1.82, 2.24) is 0 Å². The van der Waals surface area contributed by atoms with Gasteiger partial charge in [-0.25, -0.2) is 0 Å². The van der Waals surface area contributed by atoms with Gasteiger partial charge in [0.1, 0.15) is 6.04 Å².